The molecular formula is C16H13FN4O2S. The average molecular weight is 344 g/mol. The van der Waals surface area contributed by atoms with Crippen molar-refractivity contribution in [1.29, 1.82) is 0 Å². The summed E-state index contributed by atoms with van der Waals surface area (Å²) in [7, 11) is 0. The molecule has 2 N–H and O–H groups in total. The van der Waals surface area contributed by atoms with E-state index in [1.807, 2.05) is 5.38 Å². The summed E-state index contributed by atoms with van der Waals surface area (Å²) < 4.78 is 18.2. The molecule has 0 aliphatic heterocycles. The Morgan fingerprint density at radius 2 is 2.00 bits per heavy atom. The number of thiophene rings is 1. The van der Waals surface area contributed by atoms with Crippen molar-refractivity contribution in [1.82, 2.24) is 10.1 Å². The second-order valence-electron chi connectivity index (χ2n) is 5.48. The largest absolute Gasteiger partial charge is 0.333 e. The van der Waals surface area contributed by atoms with Gasteiger partial charge in [0.25, 0.3) is 5.89 Å². The van der Waals surface area contributed by atoms with E-state index in [-0.39, 0.29) is 5.82 Å². The number of benzene rings is 1. The van der Waals surface area contributed by atoms with Crippen molar-refractivity contribution in [2.24, 2.45) is 0 Å². The van der Waals surface area contributed by atoms with Crippen LogP contribution in [0.1, 0.15) is 24.6 Å². The van der Waals surface area contributed by atoms with Crippen LogP contribution >= 0.6 is 11.3 Å². The molecule has 122 valence electrons. The molecule has 1 aliphatic rings. The van der Waals surface area contributed by atoms with E-state index in [0.29, 0.717) is 28.1 Å². The van der Waals surface area contributed by atoms with Crippen molar-refractivity contribution in [2.45, 2.75) is 18.8 Å². The zero-order valence-corrected chi connectivity index (χ0v) is 13.3. The standard InChI is InChI=1S/C16H13FN4O2S/c17-10-3-5-11(6-4-10)18-16(22)19-12-7-8-24-13(12)15-20-14(21-23-15)9-1-2-9/h3-9H,1-2H2,(H2,18,19,22). The quantitative estimate of drug-likeness (QED) is 0.732. The second-order valence-corrected chi connectivity index (χ2v) is 6.40. The molecule has 0 unspecified atom stereocenters. The molecule has 4 rings (SSSR count). The van der Waals surface area contributed by atoms with Gasteiger partial charge in [-0.15, -0.1) is 11.3 Å². The molecule has 0 radical (unpaired) electrons. The van der Waals surface area contributed by atoms with E-state index in [4.69, 9.17) is 4.52 Å². The lowest BCUT2D eigenvalue weighted by Crippen LogP contribution is -2.19. The first-order chi connectivity index (χ1) is 11.7. The fourth-order valence-electron chi connectivity index (χ4n) is 2.23. The summed E-state index contributed by atoms with van der Waals surface area (Å²) >= 11 is 1.41. The van der Waals surface area contributed by atoms with Gasteiger partial charge >= 0.3 is 6.03 Å². The summed E-state index contributed by atoms with van der Waals surface area (Å²) in [6.45, 7) is 0. The Morgan fingerprint density at radius 1 is 1.21 bits per heavy atom. The van der Waals surface area contributed by atoms with Crippen LogP contribution in [0.3, 0.4) is 0 Å². The minimum atomic E-state index is -0.428. The summed E-state index contributed by atoms with van der Waals surface area (Å²) in [4.78, 5) is 17.2. The second kappa shape index (κ2) is 6.04. The van der Waals surface area contributed by atoms with Gasteiger partial charge in [0.15, 0.2) is 5.82 Å². The van der Waals surface area contributed by atoms with Crippen LogP contribution in [0.2, 0.25) is 0 Å². The highest BCUT2D eigenvalue weighted by molar-refractivity contribution is 7.14. The van der Waals surface area contributed by atoms with Crippen molar-refractivity contribution < 1.29 is 13.7 Å². The van der Waals surface area contributed by atoms with E-state index in [1.54, 1.807) is 6.07 Å². The van der Waals surface area contributed by atoms with Crippen molar-refractivity contribution in [3.63, 3.8) is 0 Å². The van der Waals surface area contributed by atoms with E-state index in [9.17, 15) is 9.18 Å². The summed E-state index contributed by atoms with van der Waals surface area (Å²) in [6, 6.07) is 6.88. The Hall–Kier alpha value is -2.74. The molecule has 8 heteroatoms. The van der Waals surface area contributed by atoms with Crippen molar-refractivity contribution >= 4 is 28.7 Å². The lowest BCUT2D eigenvalue weighted by molar-refractivity contribution is 0.262. The van der Waals surface area contributed by atoms with Crippen molar-refractivity contribution in [3.8, 4) is 10.8 Å². The molecule has 0 saturated heterocycles. The van der Waals surface area contributed by atoms with E-state index in [2.05, 4.69) is 20.8 Å². The Balaban J connectivity index is 1.47. The van der Waals surface area contributed by atoms with Gasteiger partial charge < -0.3 is 15.2 Å². The molecule has 1 saturated carbocycles. The number of urea groups is 1. The molecule has 24 heavy (non-hydrogen) atoms. The lowest BCUT2D eigenvalue weighted by Gasteiger charge is -2.07. The van der Waals surface area contributed by atoms with Gasteiger partial charge in [0.2, 0.25) is 0 Å². The lowest BCUT2D eigenvalue weighted by atomic mass is 10.3. The Labute approximate surface area is 140 Å². The van der Waals surface area contributed by atoms with Gasteiger partial charge in [0.05, 0.1) is 5.69 Å². The highest BCUT2D eigenvalue weighted by atomic mass is 32.1. The van der Waals surface area contributed by atoms with Gasteiger partial charge in [-0.05, 0) is 48.6 Å². The number of rotatable bonds is 4. The van der Waals surface area contributed by atoms with Gasteiger partial charge in [-0.2, -0.15) is 4.98 Å². The molecule has 1 fully saturated rings. The number of amides is 2. The molecule has 2 aromatic heterocycles. The number of hydrogen-bond acceptors (Lipinski definition) is 5. The third kappa shape index (κ3) is 3.13. The minimum Gasteiger partial charge on any atom is -0.333 e. The maximum absolute atomic E-state index is 12.9. The van der Waals surface area contributed by atoms with Crippen LogP contribution in [0.25, 0.3) is 10.8 Å². The van der Waals surface area contributed by atoms with Gasteiger partial charge in [-0.3, -0.25) is 0 Å². The van der Waals surface area contributed by atoms with E-state index in [0.717, 1.165) is 18.7 Å². The van der Waals surface area contributed by atoms with E-state index in [1.165, 1.54) is 35.6 Å². The molecule has 2 amide bonds. The number of carbonyl (C=O) groups is 1. The van der Waals surface area contributed by atoms with Gasteiger partial charge in [0, 0.05) is 11.6 Å². The monoisotopic (exact) mass is 344 g/mol. The number of carbonyl (C=O) groups excluding carboxylic acids is 1. The van der Waals surface area contributed by atoms with E-state index < -0.39 is 6.03 Å². The molecule has 0 bridgehead atoms. The third-order valence-electron chi connectivity index (χ3n) is 3.59. The molecule has 0 atom stereocenters. The van der Waals surface area contributed by atoms with Crippen molar-refractivity contribution in [2.75, 3.05) is 10.6 Å². The predicted molar refractivity (Wildman–Crippen MR) is 88.6 cm³/mol. The number of nitrogens with one attached hydrogen (secondary N) is 2. The Bertz CT molecular complexity index is 870. The highest BCUT2D eigenvalue weighted by Gasteiger charge is 2.29. The number of aromatic nitrogens is 2. The smallest absolute Gasteiger partial charge is 0.323 e. The predicted octanol–water partition coefficient (Wildman–Crippen LogP) is 4.46. The van der Waals surface area contributed by atoms with Crippen LogP contribution in [-0.2, 0) is 0 Å². The highest BCUT2D eigenvalue weighted by Crippen LogP contribution is 2.40. The first kappa shape index (κ1) is 14.8. The third-order valence-corrected chi connectivity index (χ3v) is 4.50. The molecule has 0 spiro atoms. The van der Waals surface area contributed by atoms with Gasteiger partial charge in [0.1, 0.15) is 10.7 Å². The molecule has 1 aliphatic carbocycles. The first-order valence-electron chi connectivity index (χ1n) is 7.44. The van der Waals surface area contributed by atoms with Crippen LogP contribution in [0.4, 0.5) is 20.6 Å². The van der Waals surface area contributed by atoms with Gasteiger partial charge in [-0.1, -0.05) is 5.16 Å². The Kier molecular flexibility index (Phi) is 3.73. The summed E-state index contributed by atoms with van der Waals surface area (Å²) in [5, 5.41) is 11.2. The summed E-state index contributed by atoms with van der Waals surface area (Å²) in [6.07, 6.45) is 2.18. The summed E-state index contributed by atoms with van der Waals surface area (Å²) in [5.74, 6) is 1.17. The maximum atomic E-state index is 12.9. The van der Waals surface area contributed by atoms with E-state index >= 15 is 0 Å². The fourth-order valence-corrected chi connectivity index (χ4v) is 3.00. The van der Waals surface area contributed by atoms with Crippen molar-refractivity contribution in [3.05, 3.63) is 47.4 Å². The summed E-state index contributed by atoms with van der Waals surface area (Å²) in [5.41, 5.74) is 1.09. The zero-order valence-electron chi connectivity index (χ0n) is 12.5. The van der Waals surface area contributed by atoms with Gasteiger partial charge in [-0.25, -0.2) is 9.18 Å². The topological polar surface area (TPSA) is 80.0 Å². The Morgan fingerprint density at radius 3 is 2.75 bits per heavy atom. The number of nitrogens with zero attached hydrogens (tertiary/aromatic N) is 2. The SMILES string of the molecule is O=C(Nc1ccc(F)cc1)Nc1ccsc1-c1nc(C2CC2)no1. The zero-order chi connectivity index (χ0) is 16.5. The average Bonchev–Trinajstić information content (AvgIpc) is 3.12. The molecule has 1 aromatic carbocycles. The van der Waals surface area contributed by atoms with Crippen LogP contribution in [0, 0.1) is 5.82 Å². The molecule has 3 aromatic rings. The van der Waals surface area contributed by atoms with Crippen LogP contribution in [0.15, 0.2) is 40.2 Å². The normalized spacial score (nSPS) is 13.7. The van der Waals surface area contributed by atoms with Crippen LogP contribution in [-0.4, -0.2) is 16.2 Å². The molecular weight excluding hydrogens is 331 g/mol. The fraction of sp³-hybridized carbons (Fsp3) is 0.188. The van der Waals surface area contributed by atoms with Crippen LogP contribution in [0.5, 0.6) is 0 Å². The number of anilines is 2. The first-order valence-corrected chi connectivity index (χ1v) is 8.32. The van der Waals surface area contributed by atoms with Crippen LogP contribution < -0.4 is 10.6 Å². The molecule has 2 heterocycles. The molecule has 6 nitrogen and oxygen atoms in total. The number of hydrogen-bond donors (Lipinski definition) is 2. The maximum Gasteiger partial charge on any atom is 0.323 e. The number of halogens is 1. The minimum absolute atomic E-state index is 0.357.